The van der Waals surface area contributed by atoms with Crippen molar-refractivity contribution in [2.75, 3.05) is 6.61 Å². The molecule has 1 saturated carbocycles. The van der Waals surface area contributed by atoms with Crippen LogP contribution in [0.15, 0.2) is 12.1 Å². The molecule has 0 atom stereocenters. The molecule has 0 spiro atoms. The maximum Gasteiger partial charge on any atom is 0.134 e. The highest BCUT2D eigenvalue weighted by atomic mass is 16.5. The fourth-order valence-electron chi connectivity index (χ4n) is 2.15. The van der Waals surface area contributed by atoms with E-state index in [4.69, 9.17) is 4.74 Å². The normalized spacial score (nSPS) is 17.2. The maximum absolute atomic E-state index is 9.27. The molecule has 87 valence electrons. The molecule has 0 bridgehead atoms. The molecule has 0 aromatic heterocycles. The number of phenols is 2. The molecule has 0 saturated heterocycles. The molecule has 2 rings (SSSR count). The van der Waals surface area contributed by atoms with Crippen LogP contribution in [0, 0.1) is 12.0 Å². The van der Waals surface area contributed by atoms with Gasteiger partial charge in [0.2, 0.25) is 0 Å². The average Bonchev–Trinajstić information content (AvgIpc) is 2.27. The highest BCUT2D eigenvalue weighted by molar-refractivity contribution is 5.39. The molecular formula is C13H17O3. The van der Waals surface area contributed by atoms with Crippen LogP contribution in [-0.2, 0) is 0 Å². The minimum atomic E-state index is -0.0846. The van der Waals surface area contributed by atoms with Crippen molar-refractivity contribution in [2.24, 2.45) is 5.92 Å². The van der Waals surface area contributed by atoms with E-state index in [-0.39, 0.29) is 11.5 Å². The van der Waals surface area contributed by atoms with Gasteiger partial charge in [0, 0.05) is 12.1 Å². The molecule has 1 aromatic carbocycles. The molecule has 2 N–H and O–H groups in total. The molecule has 16 heavy (non-hydrogen) atoms. The van der Waals surface area contributed by atoms with Gasteiger partial charge in [0.1, 0.15) is 17.2 Å². The van der Waals surface area contributed by atoms with Crippen molar-refractivity contribution in [3.05, 3.63) is 18.2 Å². The van der Waals surface area contributed by atoms with Gasteiger partial charge in [0.25, 0.3) is 0 Å². The third-order valence-corrected chi connectivity index (χ3v) is 3.01. The Labute approximate surface area is 95.7 Å². The van der Waals surface area contributed by atoms with Crippen LogP contribution >= 0.6 is 0 Å². The third kappa shape index (κ3) is 3.05. The number of hydrogen-bond acceptors (Lipinski definition) is 3. The summed E-state index contributed by atoms with van der Waals surface area (Å²) in [4.78, 5) is 0. The topological polar surface area (TPSA) is 49.7 Å². The minimum Gasteiger partial charge on any atom is -0.508 e. The molecular weight excluding hydrogens is 204 g/mol. The van der Waals surface area contributed by atoms with Crippen LogP contribution in [0.5, 0.6) is 17.2 Å². The van der Waals surface area contributed by atoms with Crippen molar-refractivity contribution in [3.8, 4) is 17.2 Å². The molecule has 1 aromatic rings. The Balaban J connectivity index is 1.88. The number of phenolic OH excluding ortho intramolecular Hbond substituents is 2. The van der Waals surface area contributed by atoms with E-state index in [2.05, 4.69) is 6.07 Å². The summed E-state index contributed by atoms with van der Waals surface area (Å²) in [5.74, 6) is 0.947. The van der Waals surface area contributed by atoms with Crippen LogP contribution in [0.25, 0.3) is 0 Å². The van der Waals surface area contributed by atoms with Crippen LogP contribution in [0.2, 0.25) is 0 Å². The van der Waals surface area contributed by atoms with Gasteiger partial charge in [-0.1, -0.05) is 19.3 Å². The van der Waals surface area contributed by atoms with Crippen molar-refractivity contribution < 1.29 is 14.9 Å². The summed E-state index contributed by atoms with van der Waals surface area (Å²) in [6.07, 6.45) is 6.32. The van der Waals surface area contributed by atoms with Crippen molar-refractivity contribution in [2.45, 2.75) is 32.1 Å². The Morgan fingerprint density at radius 3 is 2.62 bits per heavy atom. The van der Waals surface area contributed by atoms with Crippen LogP contribution in [0.3, 0.4) is 0 Å². The third-order valence-electron chi connectivity index (χ3n) is 3.01. The second-order valence-corrected chi connectivity index (χ2v) is 4.40. The second-order valence-electron chi connectivity index (χ2n) is 4.40. The van der Waals surface area contributed by atoms with Crippen LogP contribution in [0.4, 0.5) is 0 Å². The predicted molar refractivity (Wildman–Crippen MR) is 60.7 cm³/mol. The molecule has 0 amide bonds. The van der Waals surface area contributed by atoms with Gasteiger partial charge >= 0.3 is 0 Å². The Morgan fingerprint density at radius 1 is 1.19 bits per heavy atom. The lowest BCUT2D eigenvalue weighted by Crippen LogP contribution is -2.15. The Hall–Kier alpha value is -1.38. The van der Waals surface area contributed by atoms with Gasteiger partial charge in [-0.05, 0) is 18.8 Å². The van der Waals surface area contributed by atoms with E-state index in [1.54, 1.807) is 0 Å². The lowest BCUT2D eigenvalue weighted by Gasteiger charge is -2.21. The number of ether oxygens (including phenoxy) is 1. The zero-order valence-electron chi connectivity index (χ0n) is 9.28. The van der Waals surface area contributed by atoms with Gasteiger partial charge in [-0.15, -0.1) is 0 Å². The summed E-state index contributed by atoms with van der Waals surface area (Å²) >= 11 is 0. The summed E-state index contributed by atoms with van der Waals surface area (Å²) < 4.78 is 5.53. The van der Waals surface area contributed by atoms with Crippen molar-refractivity contribution in [3.63, 3.8) is 0 Å². The first-order valence-electron chi connectivity index (χ1n) is 5.82. The number of aromatic hydroxyl groups is 2. The molecule has 0 unspecified atom stereocenters. The molecule has 1 fully saturated rings. The first-order chi connectivity index (χ1) is 7.74. The van der Waals surface area contributed by atoms with E-state index in [0.29, 0.717) is 18.3 Å². The van der Waals surface area contributed by atoms with E-state index in [9.17, 15) is 10.2 Å². The molecule has 0 heterocycles. The van der Waals surface area contributed by atoms with Gasteiger partial charge in [0.05, 0.1) is 12.7 Å². The van der Waals surface area contributed by atoms with Crippen LogP contribution in [-0.4, -0.2) is 16.8 Å². The summed E-state index contributed by atoms with van der Waals surface area (Å²) in [5.41, 5.74) is 0. The fraction of sp³-hybridized carbons (Fsp3) is 0.538. The smallest absolute Gasteiger partial charge is 0.134 e. The van der Waals surface area contributed by atoms with E-state index in [1.165, 1.54) is 44.2 Å². The van der Waals surface area contributed by atoms with E-state index in [1.807, 2.05) is 0 Å². The Kier molecular flexibility index (Phi) is 3.54. The monoisotopic (exact) mass is 221 g/mol. The Bertz CT molecular complexity index is 323. The van der Waals surface area contributed by atoms with E-state index in [0.717, 1.165) is 0 Å². The first-order valence-corrected chi connectivity index (χ1v) is 5.82. The zero-order chi connectivity index (χ0) is 11.4. The fourth-order valence-corrected chi connectivity index (χ4v) is 2.15. The molecule has 1 aliphatic rings. The largest absolute Gasteiger partial charge is 0.508 e. The highest BCUT2D eigenvalue weighted by Crippen LogP contribution is 2.27. The first kappa shape index (κ1) is 11.1. The quantitative estimate of drug-likeness (QED) is 0.825. The van der Waals surface area contributed by atoms with Gasteiger partial charge in [-0.3, -0.25) is 0 Å². The van der Waals surface area contributed by atoms with E-state index >= 15 is 0 Å². The van der Waals surface area contributed by atoms with E-state index < -0.39 is 0 Å². The van der Waals surface area contributed by atoms with Gasteiger partial charge in [-0.25, -0.2) is 0 Å². The molecule has 1 radical (unpaired) electrons. The Morgan fingerprint density at radius 2 is 1.94 bits per heavy atom. The molecule has 0 aliphatic heterocycles. The zero-order valence-corrected chi connectivity index (χ0v) is 9.28. The van der Waals surface area contributed by atoms with Gasteiger partial charge < -0.3 is 14.9 Å². The van der Waals surface area contributed by atoms with Crippen LogP contribution in [0.1, 0.15) is 32.1 Å². The number of rotatable bonds is 3. The minimum absolute atomic E-state index is 0.00916. The SMILES string of the molecule is Oc1[c]c(OCC2CCCCC2)cc(O)c1. The lowest BCUT2D eigenvalue weighted by atomic mass is 9.90. The molecule has 1 aliphatic carbocycles. The molecule has 3 nitrogen and oxygen atoms in total. The summed E-state index contributed by atoms with van der Waals surface area (Å²) in [7, 11) is 0. The van der Waals surface area contributed by atoms with Gasteiger partial charge in [-0.2, -0.15) is 0 Å². The summed E-state index contributed by atoms with van der Waals surface area (Å²) in [6, 6.07) is 5.38. The van der Waals surface area contributed by atoms with Crippen LogP contribution < -0.4 is 4.74 Å². The van der Waals surface area contributed by atoms with Crippen molar-refractivity contribution >= 4 is 0 Å². The standard InChI is InChI=1S/C13H17O3/c14-11-6-12(15)8-13(7-11)16-9-10-4-2-1-3-5-10/h6-7,10,14-15H,1-5,9H2. The highest BCUT2D eigenvalue weighted by Gasteiger charge is 2.14. The van der Waals surface area contributed by atoms with Crippen molar-refractivity contribution in [1.29, 1.82) is 0 Å². The average molecular weight is 221 g/mol. The van der Waals surface area contributed by atoms with Crippen molar-refractivity contribution in [1.82, 2.24) is 0 Å². The number of benzene rings is 1. The van der Waals surface area contributed by atoms with Gasteiger partial charge in [0.15, 0.2) is 0 Å². The summed E-state index contributed by atoms with van der Waals surface area (Å²) in [6.45, 7) is 0.652. The summed E-state index contributed by atoms with van der Waals surface area (Å²) in [5, 5.41) is 18.5. The molecule has 3 heteroatoms. The lowest BCUT2D eigenvalue weighted by molar-refractivity contribution is 0.207. The second kappa shape index (κ2) is 5.10. The number of hydrogen-bond donors (Lipinski definition) is 2. The predicted octanol–water partition coefficient (Wildman–Crippen LogP) is 2.86. The maximum atomic E-state index is 9.27.